The van der Waals surface area contributed by atoms with Gasteiger partial charge < -0.3 is 24.5 Å². The van der Waals surface area contributed by atoms with E-state index in [0.29, 0.717) is 34.7 Å². The highest BCUT2D eigenvalue weighted by molar-refractivity contribution is 5.98. The molecule has 222 valence electrons. The number of rotatable bonds is 9. The number of carbonyl (C=O) groups excluding carboxylic acids is 1. The Bertz CT molecular complexity index is 1590. The Morgan fingerprint density at radius 3 is 2.00 bits per heavy atom. The fourth-order valence-corrected chi connectivity index (χ4v) is 4.27. The number of carbonyl (C=O) groups is 2. The zero-order valence-corrected chi connectivity index (χ0v) is 22.1. The summed E-state index contributed by atoms with van der Waals surface area (Å²) in [5.74, 6) is -0.854. The number of aliphatic carboxylic acids is 1. The number of alkyl halides is 6. The second-order valence-corrected chi connectivity index (χ2v) is 9.14. The van der Waals surface area contributed by atoms with E-state index in [1.807, 2.05) is 0 Å². The van der Waals surface area contributed by atoms with Gasteiger partial charge in [0.1, 0.15) is 17.3 Å². The first-order valence-electron chi connectivity index (χ1n) is 12.2. The smallest absolute Gasteiger partial charge is 0.416 e. The third-order valence-corrected chi connectivity index (χ3v) is 6.23. The fourth-order valence-electron chi connectivity index (χ4n) is 4.27. The van der Waals surface area contributed by atoms with E-state index in [1.165, 1.54) is 37.0 Å². The lowest BCUT2D eigenvalue weighted by Crippen LogP contribution is -2.25. The van der Waals surface area contributed by atoms with Crippen molar-refractivity contribution >= 4 is 22.9 Å². The lowest BCUT2D eigenvalue weighted by Gasteiger charge is -2.16. The van der Waals surface area contributed by atoms with Crippen LogP contribution in [0.1, 0.15) is 33.5 Å². The number of nitrogens with one attached hydrogen (secondary N) is 1. The van der Waals surface area contributed by atoms with Gasteiger partial charge >= 0.3 is 18.3 Å². The van der Waals surface area contributed by atoms with Crippen LogP contribution in [0.2, 0.25) is 0 Å². The Kier molecular flexibility index (Phi) is 8.36. The van der Waals surface area contributed by atoms with Crippen LogP contribution in [0.3, 0.4) is 0 Å². The molecule has 4 aromatic rings. The number of fused-ring (bicyclic) bond motifs is 1. The molecule has 0 unspecified atom stereocenters. The van der Waals surface area contributed by atoms with Gasteiger partial charge in [-0.3, -0.25) is 9.59 Å². The molecule has 1 amide bonds. The van der Waals surface area contributed by atoms with Gasteiger partial charge in [0.05, 0.1) is 42.8 Å². The Labute approximate surface area is 234 Å². The number of carboxylic acid groups (broad SMARTS) is 1. The third-order valence-electron chi connectivity index (χ3n) is 6.23. The van der Waals surface area contributed by atoms with Crippen LogP contribution in [0.25, 0.3) is 22.4 Å². The normalized spacial score (nSPS) is 11.9. The summed E-state index contributed by atoms with van der Waals surface area (Å²) in [6.45, 7) is -0.574. The van der Waals surface area contributed by atoms with E-state index >= 15 is 0 Å². The molecule has 0 aliphatic heterocycles. The molecule has 0 radical (unpaired) electrons. The molecule has 0 bridgehead atoms. The predicted molar refractivity (Wildman–Crippen MR) is 138 cm³/mol. The minimum absolute atomic E-state index is 0.0542. The summed E-state index contributed by atoms with van der Waals surface area (Å²) in [6, 6.07) is 10.3. The highest BCUT2D eigenvalue weighted by Gasteiger charge is 2.37. The lowest BCUT2D eigenvalue weighted by molar-refractivity contribution is -0.143. The van der Waals surface area contributed by atoms with Gasteiger partial charge in [0.2, 0.25) is 0 Å². The van der Waals surface area contributed by atoms with Crippen LogP contribution < -0.4 is 14.8 Å². The molecule has 14 heteroatoms. The van der Waals surface area contributed by atoms with E-state index in [0.717, 1.165) is 0 Å². The number of imidazole rings is 1. The topological polar surface area (TPSA) is 103 Å². The number of methoxy groups -OCH3 is 2. The van der Waals surface area contributed by atoms with E-state index < -0.39 is 41.9 Å². The quantitative estimate of drug-likeness (QED) is 0.230. The first-order chi connectivity index (χ1) is 19.7. The largest absolute Gasteiger partial charge is 0.497 e. The predicted octanol–water partition coefficient (Wildman–Crippen LogP) is 6.01. The van der Waals surface area contributed by atoms with Crippen molar-refractivity contribution in [1.82, 2.24) is 14.9 Å². The van der Waals surface area contributed by atoms with Crippen LogP contribution in [0.15, 0.2) is 54.6 Å². The highest BCUT2D eigenvalue weighted by Crippen LogP contribution is 2.38. The average Bonchev–Trinajstić information content (AvgIpc) is 3.28. The fraction of sp³-hybridized carbons (Fsp3) is 0.250. The molecule has 42 heavy (non-hydrogen) atoms. The molecule has 0 aliphatic rings. The number of ether oxygens (including phenoxy) is 2. The van der Waals surface area contributed by atoms with Crippen molar-refractivity contribution in [2.75, 3.05) is 20.8 Å². The van der Waals surface area contributed by atoms with Gasteiger partial charge in [0.25, 0.3) is 5.91 Å². The molecular weight excluding hydrogens is 572 g/mol. The molecule has 2 N–H and O–H groups in total. The van der Waals surface area contributed by atoms with Crippen LogP contribution >= 0.6 is 0 Å². The van der Waals surface area contributed by atoms with Crippen LogP contribution in [0.5, 0.6) is 11.5 Å². The number of aromatic nitrogens is 2. The van der Waals surface area contributed by atoms with E-state index in [2.05, 4.69) is 10.3 Å². The molecule has 1 aromatic heterocycles. The van der Waals surface area contributed by atoms with Crippen molar-refractivity contribution in [3.05, 3.63) is 76.9 Å². The summed E-state index contributed by atoms with van der Waals surface area (Å²) in [6.07, 6.45) is -10.4. The Balaban J connectivity index is 1.88. The average molecular weight is 595 g/mol. The minimum atomic E-state index is -5.03. The van der Waals surface area contributed by atoms with Crippen LogP contribution in [-0.4, -0.2) is 47.3 Å². The van der Waals surface area contributed by atoms with Crippen molar-refractivity contribution < 1.29 is 50.5 Å². The second kappa shape index (κ2) is 11.6. The number of amides is 1. The van der Waals surface area contributed by atoms with Gasteiger partial charge in [0.15, 0.2) is 0 Å². The van der Waals surface area contributed by atoms with Crippen LogP contribution in [0.4, 0.5) is 26.3 Å². The summed E-state index contributed by atoms with van der Waals surface area (Å²) in [5, 5.41) is 11.3. The number of benzene rings is 3. The first kappa shape index (κ1) is 30.2. The SMILES string of the molecule is COc1cc(OC)cc(-c2nc3cc(C(=O)NCCC(=O)O)ccc3n2Cc2cc(C(F)(F)F)cc(C(F)(F)F)c2)c1. The van der Waals surface area contributed by atoms with Crippen LogP contribution in [-0.2, 0) is 23.7 Å². The third kappa shape index (κ3) is 6.75. The first-order valence-corrected chi connectivity index (χ1v) is 12.2. The summed E-state index contributed by atoms with van der Waals surface area (Å²) in [7, 11) is 2.80. The van der Waals surface area contributed by atoms with Crippen molar-refractivity contribution in [3.63, 3.8) is 0 Å². The van der Waals surface area contributed by atoms with Crippen molar-refractivity contribution in [2.45, 2.75) is 25.3 Å². The summed E-state index contributed by atoms with van der Waals surface area (Å²) in [4.78, 5) is 27.9. The molecule has 0 spiro atoms. The zero-order valence-electron chi connectivity index (χ0n) is 22.1. The summed E-state index contributed by atoms with van der Waals surface area (Å²) in [5.41, 5.74) is -2.20. The maximum atomic E-state index is 13.5. The number of halogens is 6. The highest BCUT2D eigenvalue weighted by atomic mass is 19.4. The monoisotopic (exact) mass is 595 g/mol. The van der Waals surface area contributed by atoms with E-state index in [-0.39, 0.29) is 41.5 Å². The van der Waals surface area contributed by atoms with Gasteiger partial charge in [-0.15, -0.1) is 0 Å². The van der Waals surface area contributed by atoms with Crippen molar-refractivity contribution in [1.29, 1.82) is 0 Å². The van der Waals surface area contributed by atoms with E-state index in [9.17, 15) is 35.9 Å². The molecule has 0 saturated heterocycles. The Morgan fingerprint density at radius 1 is 0.881 bits per heavy atom. The van der Waals surface area contributed by atoms with Gasteiger partial charge in [-0.05, 0) is 54.1 Å². The molecule has 0 saturated carbocycles. The van der Waals surface area contributed by atoms with Gasteiger partial charge in [-0.2, -0.15) is 26.3 Å². The molecule has 0 atom stereocenters. The van der Waals surface area contributed by atoms with Crippen LogP contribution in [0, 0.1) is 0 Å². The molecular formula is C28H23F6N3O5. The van der Waals surface area contributed by atoms with Gasteiger partial charge in [-0.25, -0.2) is 4.98 Å². The summed E-state index contributed by atoms with van der Waals surface area (Å²) < 4.78 is 93.3. The molecule has 8 nitrogen and oxygen atoms in total. The number of hydrogen-bond acceptors (Lipinski definition) is 5. The van der Waals surface area contributed by atoms with E-state index in [1.54, 1.807) is 18.2 Å². The van der Waals surface area contributed by atoms with Crippen molar-refractivity contribution in [2.24, 2.45) is 0 Å². The van der Waals surface area contributed by atoms with Gasteiger partial charge in [-0.1, -0.05) is 0 Å². The lowest BCUT2D eigenvalue weighted by atomic mass is 10.0. The van der Waals surface area contributed by atoms with Crippen molar-refractivity contribution in [3.8, 4) is 22.9 Å². The summed E-state index contributed by atoms with van der Waals surface area (Å²) >= 11 is 0. The molecule has 4 rings (SSSR count). The maximum Gasteiger partial charge on any atom is 0.416 e. The molecule has 0 aliphatic carbocycles. The zero-order chi connectivity index (χ0) is 30.8. The Hall–Kier alpha value is -4.75. The molecule has 3 aromatic carbocycles. The van der Waals surface area contributed by atoms with Gasteiger partial charge in [0, 0.05) is 30.3 Å². The Morgan fingerprint density at radius 2 is 1.48 bits per heavy atom. The minimum Gasteiger partial charge on any atom is -0.497 e. The molecule has 0 fully saturated rings. The van der Waals surface area contributed by atoms with E-state index in [4.69, 9.17) is 14.6 Å². The standard InChI is InChI=1S/C28H23F6N3O5/c1-41-20-9-17(10-21(13-20)42-2)25-36-22-11-16(26(40)35-6-5-24(38)39)3-4-23(22)37(25)14-15-7-18(27(29,30)31)12-19(8-15)28(32,33)34/h3-4,7-13H,5-6,14H2,1-2H3,(H,35,40)(H,38,39). The number of nitrogens with zero attached hydrogens (tertiary/aromatic N) is 2. The second-order valence-electron chi connectivity index (χ2n) is 9.14. The maximum absolute atomic E-state index is 13.5. The number of hydrogen-bond donors (Lipinski definition) is 2. The molecule has 1 heterocycles. The number of carboxylic acids is 1.